The molecule has 0 saturated carbocycles. The van der Waals surface area contributed by atoms with Gasteiger partial charge in [-0.1, -0.05) is 104 Å². The molecule has 0 fully saturated rings. The Morgan fingerprint density at radius 3 is 1.28 bits per heavy atom. The van der Waals surface area contributed by atoms with Crippen molar-refractivity contribution >= 4 is 17.9 Å². The van der Waals surface area contributed by atoms with Gasteiger partial charge in [0, 0.05) is 6.92 Å². The molecule has 0 heterocycles. The lowest BCUT2D eigenvalue weighted by Gasteiger charge is -2.10. The van der Waals surface area contributed by atoms with Crippen molar-refractivity contribution in [2.45, 2.75) is 118 Å². The zero-order valence-electron chi connectivity index (χ0n) is 23.3. The summed E-state index contributed by atoms with van der Waals surface area (Å²) in [4.78, 5) is 34.8. The summed E-state index contributed by atoms with van der Waals surface area (Å²) in [6, 6.07) is 6.74. The van der Waals surface area contributed by atoms with Crippen molar-refractivity contribution in [1.82, 2.24) is 0 Å². The number of carbonyl (C=O) groups excluding carboxylic acids is 3. The SMILES string of the molecule is CCCCCCCCOC(=O)c1ccccc1C(=O)OCCCCCCCC.CCCCOC(C)=O. The molecule has 36 heavy (non-hydrogen) atoms. The summed E-state index contributed by atoms with van der Waals surface area (Å²) in [7, 11) is 0. The maximum atomic E-state index is 12.4. The molecule has 0 unspecified atom stereocenters. The summed E-state index contributed by atoms with van der Waals surface area (Å²) in [5.41, 5.74) is 0.586. The molecule has 0 saturated heterocycles. The first-order valence-corrected chi connectivity index (χ1v) is 14.0. The van der Waals surface area contributed by atoms with Crippen LogP contribution in [0.4, 0.5) is 0 Å². The molecule has 1 rings (SSSR count). The lowest BCUT2D eigenvalue weighted by molar-refractivity contribution is -0.141. The van der Waals surface area contributed by atoms with E-state index in [4.69, 9.17) is 9.47 Å². The van der Waals surface area contributed by atoms with Gasteiger partial charge in [0.05, 0.1) is 30.9 Å². The Hall–Kier alpha value is -2.37. The minimum atomic E-state index is -0.444. The Labute approximate surface area is 219 Å². The van der Waals surface area contributed by atoms with Crippen LogP contribution in [-0.4, -0.2) is 37.7 Å². The van der Waals surface area contributed by atoms with Crippen LogP contribution in [0.5, 0.6) is 0 Å². The van der Waals surface area contributed by atoms with Crippen LogP contribution in [0.1, 0.15) is 138 Å². The van der Waals surface area contributed by atoms with E-state index < -0.39 is 11.9 Å². The molecule has 0 aliphatic heterocycles. The average Bonchev–Trinajstić information content (AvgIpc) is 2.87. The average molecular weight is 507 g/mol. The summed E-state index contributed by atoms with van der Waals surface area (Å²) in [5, 5.41) is 0. The van der Waals surface area contributed by atoms with Crippen molar-refractivity contribution in [3.05, 3.63) is 35.4 Å². The topological polar surface area (TPSA) is 78.9 Å². The van der Waals surface area contributed by atoms with Gasteiger partial charge in [-0.3, -0.25) is 4.79 Å². The standard InChI is InChI=1S/C24H38O4.C6H12O2/c1-3-5-7-9-11-15-19-27-23(25)21-17-13-14-18-22(21)24(26)28-20-16-12-10-8-6-4-2;1-3-4-5-8-6(2)7/h13-14,17-18H,3-12,15-16,19-20H2,1-2H3;3-5H2,1-2H3. The summed E-state index contributed by atoms with van der Waals surface area (Å²) in [5.74, 6) is -1.07. The molecular formula is C30H50O6. The lowest BCUT2D eigenvalue weighted by atomic mass is 10.1. The summed E-state index contributed by atoms with van der Waals surface area (Å²) in [6.45, 7) is 9.23. The van der Waals surface area contributed by atoms with Gasteiger partial charge in [-0.05, 0) is 31.4 Å². The third kappa shape index (κ3) is 18.9. The fraction of sp³-hybridized carbons (Fsp3) is 0.700. The van der Waals surface area contributed by atoms with Crippen LogP contribution >= 0.6 is 0 Å². The minimum absolute atomic E-state index is 0.182. The van der Waals surface area contributed by atoms with Gasteiger partial charge in [0.1, 0.15) is 0 Å². The first-order chi connectivity index (χ1) is 17.5. The van der Waals surface area contributed by atoms with E-state index >= 15 is 0 Å². The van der Waals surface area contributed by atoms with E-state index in [1.54, 1.807) is 24.3 Å². The molecule has 0 radical (unpaired) electrons. The number of unbranched alkanes of at least 4 members (excludes halogenated alkanes) is 11. The highest BCUT2D eigenvalue weighted by Crippen LogP contribution is 2.14. The van der Waals surface area contributed by atoms with E-state index in [2.05, 4.69) is 25.5 Å². The zero-order valence-corrected chi connectivity index (χ0v) is 23.3. The predicted octanol–water partition coefficient (Wildman–Crippen LogP) is 8.07. The second-order valence-electron chi connectivity index (χ2n) is 9.05. The fourth-order valence-electron chi connectivity index (χ4n) is 3.45. The van der Waals surface area contributed by atoms with Crippen LogP contribution in [0.2, 0.25) is 0 Å². The number of hydrogen-bond acceptors (Lipinski definition) is 6. The lowest BCUT2D eigenvalue weighted by Crippen LogP contribution is -2.15. The molecule has 206 valence electrons. The normalized spacial score (nSPS) is 10.2. The molecule has 0 spiro atoms. The van der Waals surface area contributed by atoms with Crippen molar-refractivity contribution in [2.75, 3.05) is 19.8 Å². The van der Waals surface area contributed by atoms with E-state index in [1.165, 1.54) is 58.3 Å². The number of hydrogen-bond donors (Lipinski definition) is 0. The highest BCUT2D eigenvalue weighted by molar-refractivity contribution is 6.03. The van der Waals surface area contributed by atoms with Crippen LogP contribution in [0, 0.1) is 0 Å². The molecule has 0 aliphatic rings. The molecule has 6 nitrogen and oxygen atoms in total. The van der Waals surface area contributed by atoms with Crippen molar-refractivity contribution in [3.63, 3.8) is 0 Å². The second kappa shape index (κ2) is 24.3. The van der Waals surface area contributed by atoms with Crippen molar-refractivity contribution < 1.29 is 28.6 Å². The van der Waals surface area contributed by atoms with Crippen molar-refractivity contribution in [1.29, 1.82) is 0 Å². The Morgan fingerprint density at radius 2 is 0.889 bits per heavy atom. The fourth-order valence-corrected chi connectivity index (χ4v) is 3.45. The molecule has 0 atom stereocenters. The van der Waals surface area contributed by atoms with E-state index in [-0.39, 0.29) is 5.97 Å². The van der Waals surface area contributed by atoms with Gasteiger partial charge >= 0.3 is 17.9 Å². The first-order valence-electron chi connectivity index (χ1n) is 14.0. The third-order valence-corrected chi connectivity index (χ3v) is 5.63. The Balaban J connectivity index is 0.00000131. The molecule has 1 aromatic carbocycles. The van der Waals surface area contributed by atoms with E-state index in [0.717, 1.165) is 38.5 Å². The minimum Gasteiger partial charge on any atom is -0.466 e. The van der Waals surface area contributed by atoms with E-state index in [1.807, 2.05) is 0 Å². The van der Waals surface area contributed by atoms with Crippen LogP contribution in [0.3, 0.4) is 0 Å². The number of carbonyl (C=O) groups is 3. The smallest absolute Gasteiger partial charge is 0.339 e. The van der Waals surface area contributed by atoms with Crippen molar-refractivity contribution in [3.8, 4) is 0 Å². The second-order valence-corrected chi connectivity index (χ2v) is 9.05. The van der Waals surface area contributed by atoms with Gasteiger partial charge < -0.3 is 14.2 Å². The third-order valence-electron chi connectivity index (χ3n) is 5.63. The van der Waals surface area contributed by atoms with Gasteiger partial charge in [0.15, 0.2) is 0 Å². The monoisotopic (exact) mass is 506 g/mol. The molecule has 6 heteroatoms. The molecule has 0 N–H and O–H groups in total. The molecule has 1 aromatic rings. The van der Waals surface area contributed by atoms with Crippen LogP contribution < -0.4 is 0 Å². The van der Waals surface area contributed by atoms with E-state index in [9.17, 15) is 14.4 Å². The van der Waals surface area contributed by atoms with Crippen LogP contribution in [0.25, 0.3) is 0 Å². The molecule has 0 aromatic heterocycles. The van der Waals surface area contributed by atoms with Gasteiger partial charge in [-0.2, -0.15) is 0 Å². The molecular weight excluding hydrogens is 456 g/mol. The zero-order chi connectivity index (χ0) is 26.9. The Bertz CT molecular complexity index is 651. The van der Waals surface area contributed by atoms with Crippen LogP contribution in [0.15, 0.2) is 24.3 Å². The molecule has 0 bridgehead atoms. The van der Waals surface area contributed by atoms with Gasteiger partial charge in [-0.25, -0.2) is 9.59 Å². The van der Waals surface area contributed by atoms with Crippen LogP contribution in [-0.2, 0) is 19.0 Å². The Kier molecular flexibility index (Phi) is 22.7. The predicted molar refractivity (Wildman–Crippen MR) is 145 cm³/mol. The molecule has 0 amide bonds. The quantitative estimate of drug-likeness (QED) is 0.107. The molecule has 0 aliphatic carbocycles. The first kappa shape index (κ1) is 33.6. The van der Waals surface area contributed by atoms with Gasteiger partial charge in [-0.15, -0.1) is 0 Å². The van der Waals surface area contributed by atoms with E-state index in [0.29, 0.717) is 30.9 Å². The summed E-state index contributed by atoms with van der Waals surface area (Å²) < 4.78 is 15.4. The number of esters is 3. The summed E-state index contributed by atoms with van der Waals surface area (Å²) in [6.07, 6.45) is 15.7. The highest BCUT2D eigenvalue weighted by atomic mass is 16.5. The number of benzene rings is 1. The van der Waals surface area contributed by atoms with Crippen molar-refractivity contribution in [2.24, 2.45) is 0 Å². The number of rotatable bonds is 19. The largest absolute Gasteiger partial charge is 0.466 e. The van der Waals surface area contributed by atoms with Gasteiger partial charge in [0.2, 0.25) is 0 Å². The van der Waals surface area contributed by atoms with Gasteiger partial charge in [0.25, 0.3) is 0 Å². The maximum absolute atomic E-state index is 12.4. The maximum Gasteiger partial charge on any atom is 0.339 e. The summed E-state index contributed by atoms with van der Waals surface area (Å²) >= 11 is 0. The Morgan fingerprint density at radius 1 is 0.528 bits per heavy atom. The highest BCUT2D eigenvalue weighted by Gasteiger charge is 2.18. The number of ether oxygens (including phenoxy) is 3.